The summed E-state index contributed by atoms with van der Waals surface area (Å²) in [5, 5.41) is 4.48. The monoisotopic (exact) mass is 653 g/mol. The maximum Gasteiger partial charge on any atom is 0.260 e. The molecule has 0 unspecified atom stereocenters. The van der Waals surface area contributed by atoms with E-state index in [4.69, 9.17) is 13.9 Å². The number of ether oxygens (including phenoxy) is 2. The quantitative estimate of drug-likeness (QED) is 0.177. The van der Waals surface area contributed by atoms with Gasteiger partial charge in [-0.2, -0.15) is 0 Å². The summed E-state index contributed by atoms with van der Waals surface area (Å²) in [4.78, 5) is 2.32. The van der Waals surface area contributed by atoms with E-state index < -0.39 is 0 Å². The number of hydrogen-bond donors (Lipinski definition) is 0. The van der Waals surface area contributed by atoms with Crippen LogP contribution >= 0.6 is 0 Å². The first-order chi connectivity index (χ1) is 25.3. The molecule has 0 atom stereocenters. The van der Waals surface area contributed by atoms with E-state index in [-0.39, 0.29) is 6.71 Å². The summed E-state index contributed by atoms with van der Waals surface area (Å²) in [6.45, 7) is -0.00764. The molecule has 0 saturated heterocycles. The van der Waals surface area contributed by atoms with E-state index >= 15 is 0 Å². The highest BCUT2D eigenvalue weighted by Gasteiger charge is 2.40. The Morgan fingerprint density at radius 3 is 1.84 bits per heavy atom. The van der Waals surface area contributed by atoms with Crippen LogP contribution in [-0.2, 0) is 0 Å². The van der Waals surface area contributed by atoms with Gasteiger partial charge in [0.2, 0.25) is 0 Å². The molecule has 0 amide bonds. The predicted molar refractivity (Wildman–Crippen MR) is 209 cm³/mol. The lowest BCUT2D eigenvalue weighted by Crippen LogP contribution is -2.57. The van der Waals surface area contributed by atoms with Gasteiger partial charge in [0.05, 0.1) is 17.1 Å². The molecule has 5 heteroatoms. The van der Waals surface area contributed by atoms with Crippen molar-refractivity contribution in [3.05, 3.63) is 170 Å². The predicted octanol–water partition coefficient (Wildman–Crippen LogP) is 10.6. The molecule has 0 N–H and O–H groups in total. The zero-order valence-corrected chi connectivity index (χ0v) is 27.4. The first-order valence-corrected chi connectivity index (χ1v) is 17.3. The van der Waals surface area contributed by atoms with Crippen molar-refractivity contribution in [2.75, 3.05) is 4.90 Å². The molecule has 4 nitrogen and oxygen atoms in total. The zero-order chi connectivity index (χ0) is 33.5. The fraction of sp³-hybridized carbons (Fsp3) is 0. The van der Waals surface area contributed by atoms with Crippen molar-refractivity contribution in [2.24, 2.45) is 0 Å². The van der Waals surface area contributed by atoms with Crippen LogP contribution in [0.3, 0.4) is 0 Å². The molecule has 1 aromatic heterocycles. The average molecular weight is 654 g/mol. The number of benzene rings is 8. The van der Waals surface area contributed by atoms with E-state index in [0.717, 1.165) is 94.9 Å². The van der Waals surface area contributed by atoms with Crippen molar-refractivity contribution in [1.82, 2.24) is 0 Å². The molecule has 8 aromatic carbocycles. The molecule has 0 aliphatic carbocycles. The van der Waals surface area contributed by atoms with Crippen molar-refractivity contribution < 1.29 is 13.9 Å². The standard InChI is InChI=1S/C46H28BNO3/c1-2-14-30(15-3-1)44-32-16-5-4-13-29(32)25-26-37(44)48(38-21-12-18-34-33-17-6-9-22-39(33)51-46(34)38)31-27-42-45-43(28-31)50-41-24-11-8-20-36(41)47(45)35-19-7-10-23-40(35)49-42/h1-28H. The molecule has 0 radical (unpaired) electrons. The normalized spacial score (nSPS) is 12.6. The van der Waals surface area contributed by atoms with Gasteiger partial charge in [0.25, 0.3) is 6.71 Å². The van der Waals surface area contributed by atoms with Crippen LogP contribution in [0.2, 0.25) is 0 Å². The van der Waals surface area contributed by atoms with Crippen LogP contribution in [-0.4, -0.2) is 6.71 Å². The smallest absolute Gasteiger partial charge is 0.260 e. The van der Waals surface area contributed by atoms with Gasteiger partial charge in [-0.15, -0.1) is 0 Å². The Kier molecular flexibility index (Phi) is 6.01. The molecule has 0 fully saturated rings. The molecule has 11 rings (SSSR count). The van der Waals surface area contributed by atoms with Crippen LogP contribution in [0.1, 0.15) is 0 Å². The second-order valence-electron chi connectivity index (χ2n) is 13.2. The lowest BCUT2D eigenvalue weighted by molar-refractivity contribution is 0.465. The van der Waals surface area contributed by atoms with Gasteiger partial charge < -0.3 is 18.8 Å². The van der Waals surface area contributed by atoms with Crippen molar-refractivity contribution >= 4 is 72.9 Å². The number of rotatable bonds is 4. The van der Waals surface area contributed by atoms with Crippen LogP contribution < -0.4 is 30.8 Å². The minimum Gasteiger partial charge on any atom is -0.458 e. The van der Waals surface area contributed by atoms with E-state index in [1.54, 1.807) is 0 Å². The summed E-state index contributed by atoms with van der Waals surface area (Å²) in [6.07, 6.45) is 0. The summed E-state index contributed by atoms with van der Waals surface area (Å²) < 4.78 is 20.3. The molecular formula is C46H28BNO3. The summed E-state index contributed by atoms with van der Waals surface area (Å²) in [7, 11) is 0. The molecule has 2 aliphatic rings. The van der Waals surface area contributed by atoms with Crippen LogP contribution in [0.5, 0.6) is 23.0 Å². The van der Waals surface area contributed by atoms with Gasteiger partial charge in [0.15, 0.2) is 5.58 Å². The van der Waals surface area contributed by atoms with E-state index in [2.05, 4.69) is 150 Å². The van der Waals surface area contributed by atoms with Crippen LogP contribution in [0, 0.1) is 0 Å². The second-order valence-corrected chi connectivity index (χ2v) is 13.2. The first kappa shape index (κ1) is 28.2. The topological polar surface area (TPSA) is 34.8 Å². The number of furan rings is 1. The highest BCUT2D eigenvalue weighted by Crippen LogP contribution is 2.49. The van der Waals surface area contributed by atoms with Crippen LogP contribution in [0.15, 0.2) is 174 Å². The van der Waals surface area contributed by atoms with E-state index in [1.165, 1.54) is 5.39 Å². The highest BCUT2D eigenvalue weighted by atomic mass is 16.5. The Labute approximate surface area is 294 Å². The molecule has 0 spiro atoms. The summed E-state index contributed by atoms with van der Waals surface area (Å²) in [6, 6.07) is 59.4. The fourth-order valence-corrected chi connectivity index (χ4v) is 8.18. The maximum absolute atomic E-state index is 6.79. The van der Waals surface area contributed by atoms with Gasteiger partial charge in [-0.3, -0.25) is 0 Å². The number of anilines is 3. The van der Waals surface area contributed by atoms with Gasteiger partial charge in [-0.1, -0.05) is 127 Å². The third-order valence-corrected chi connectivity index (χ3v) is 10.4. The molecule has 51 heavy (non-hydrogen) atoms. The van der Waals surface area contributed by atoms with E-state index in [0.29, 0.717) is 0 Å². The summed E-state index contributed by atoms with van der Waals surface area (Å²) in [5.74, 6) is 3.28. The van der Waals surface area contributed by atoms with Gasteiger partial charge in [0, 0.05) is 33.9 Å². The van der Waals surface area contributed by atoms with E-state index in [9.17, 15) is 0 Å². The van der Waals surface area contributed by atoms with Gasteiger partial charge in [-0.25, -0.2) is 0 Å². The van der Waals surface area contributed by atoms with Crippen molar-refractivity contribution in [3.63, 3.8) is 0 Å². The number of fused-ring (bicyclic) bond motifs is 8. The molecule has 238 valence electrons. The Balaban J connectivity index is 1.24. The minimum atomic E-state index is -0.00764. The maximum atomic E-state index is 6.79. The number of hydrogen-bond acceptors (Lipinski definition) is 4. The van der Waals surface area contributed by atoms with Crippen molar-refractivity contribution in [1.29, 1.82) is 0 Å². The molecule has 0 bridgehead atoms. The SMILES string of the molecule is c1ccc(-c2c(N(c3cc4c5c(c3)Oc3ccccc3B5c3ccccc3O4)c3cccc4c3oc3ccccc34)ccc3ccccc23)cc1. The van der Waals surface area contributed by atoms with Gasteiger partial charge >= 0.3 is 0 Å². The highest BCUT2D eigenvalue weighted by molar-refractivity contribution is 6.98. The molecule has 9 aromatic rings. The Morgan fingerprint density at radius 1 is 0.451 bits per heavy atom. The molecular weight excluding hydrogens is 625 g/mol. The largest absolute Gasteiger partial charge is 0.458 e. The van der Waals surface area contributed by atoms with Crippen molar-refractivity contribution in [3.8, 4) is 34.1 Å². The molecule has 0 saturated carbocycles. The van der Waals surface area contributed by atoms with Crippen molar-refractivity contribution in [2.45, 2.75) is 0 Å². The van der Waals surface area contributed by atoms with Crippen LogP contribution in [0.25, 0.3) is 43.8 Å². The number of nitrogens with zero attached hydrogens (tertiary/aromatic N) is 1. The lowest BCUT2D eigenvalue weighted by atomic mass is 9.35. The average Bonchev–Trinajstić information content (AvgIpc) is 3.57. The van der Waals surface area contributed by atoms with Gasteiger partial charge in [-0.05, 0) is 57.6 Å². The third kappa shape index (κ3) is 4.22. The number of para-hydroxylation sites is 4. The Bertz CT molecular complexity index is 2770. The minimum absolute atomic E-state index is 0.00764. The lowest BCUT2D eigenvalue weighted by Gasteiger charge is -2.35. The Morgan fingerprint density at radius 2 is 1.08 bits per heavy atom. The zero-order valence-electron chi connectivity index (χ0n) is 27.4. The molecule has 2 aliphatic heterocycles. The Hall–Kier alpha value is -6.72. The third-order valence-electron chi connectivity index (χ3n) is 10.4. The summed E-state index contributed by atoms with van der Waals surface area (Å²) >= 11 is 0. The summed E-state index contributed by atoms with van der Waals surface area (Å²) in [5.41, 5.74) is 10.1. The van der Waals surface area contributed by atoms with Crippen LogP contribution in [0.4, 0.5) is 17.1 Å². The van der Waals surface area contributed by atoms with E-state index in [1.807, 2.05) is 24.3 Å². The first-order valence-electron chi connectivity index (χ1n) is 17.3. The van der Waals surface area contributed by atoms with Gasteiger partial charge in [0.1, 0.15) is 28.6 Å². The molecule has 3 heterocycles. The fourth-order valence-electron chi connectivity index (χ4n) is 8.18. The second kappa shape index (κ2) is 10.9.